The minimum atomic E-state index is -1.37. The van der Waals surface area contributed by atoms with Gasteiger partial charge in [-0.25, -0.2) is 0 Å². The lowest BCUT2D eigenvalue weighted by Crippen LogP contribution is -2.38. The van der Waals surface area contributed by atoms with Gasteiger partial charge < -0.3 is 36.0 Å². The number of carbonyl (C=O) groups is 3. The van der Waals surface area contributed by atoms with Crippen LogP contribution >= 0.6 is 0 Å². The SMILES string of the molecule is CC[C@@H](C)[C@@H](OC(=O)C[C@@H](CC(=O)O)C(=O)O)[C@@H](O)C[C@@H](C)CCCCCC[C@@H](O)C[C@H](O)CN. The van der Waals surface area contributed by atoms with Crippen LogP contribution in [-0.4, -0.2) is 74.4 Å². The van der Waals surface area contributed by atoms with Gasteiger partial charge in [-0.3, -0.25) is 14.4 Å². The number of ether oxygens (including phenoxy) is 1. The number of carboxylic acid groups (broad SMARTS) is 2. The molecule has 0 spiro atoms. The molecule has 0 unspecified atom stereocenters. The molecule has 7 atom stereocenters. The first kappa shape index (κ1) is 33.2. The maximum absolute atomic E-state index is 12.3. The van der Waals surface area contributed by atoms with Crippen LogP contribution in [0.1, 0.15) is 91.4 Å². The molecular formula is C25H47NO9. The fourth-order valence-electron chi connectivity index (χ4n) is 4.08. The van der Waals surface area contributed by atoms with E-state index in [4.69, 9.17) is 20.7 Å². The van der Waals surface area contributed by atoms with Gasteiger partial charge in [-0.15, -0.1) is 0 Å². The number of aliphatic hydroxyl groups excluding tert-OH is 3. The molecule has 0 aliphatic carbocycles. The highest BCUT2D eigenvalue weighted by Crippen LogP contribution is 2.24. The largest absolute Gasteiger partial charge is 0.481 e. The van der Waals surface area contributed by atoms with Crippen LogP contribution in [0, 0.1) is 17.8 Å². The van der Waals surface area contributed by atoms with Crippen molar-refractivity contribution in [1.29, 1.82) is 0 Å². The maximum atomic E-state index is 12.3. The van der Waals surface area contributed by atoms with Crippen molar-refractivity contribution in [2.24, 2.45) is 23.5 Å². The standard InChI is InChI=1S/C25H47NO9/c1-4-17(3)24(35-23(32)13-18(25(33)34)12-22(30)31)21(29)11-16(2)9-7-5-6-8-10-19(27)14-20(28)15-26/h16-21,24,27-29H,4-15,26H2,1-3H3,(H,30,31)(H,33,34)/t16-,17+,18+,19+,20-,21-,24+/m0/s1. The highest BCUT2D eigenvalue weighted by Gasteiger charge is 2.32. The zero-order chi connectivity index (χ0) is 27.0. The van der Waals surface area contributed by atoms with E-state index in [1.54, 1.807) is 0 Å². The summed E-state index contributed by atoms with van der Waals surface area (Å²) in [5, 5.41) is 48.1. The molecule has 206 valence electrons. The second-order valence-electron chi connectivity index (χ2n) is 9.86. The van der Waals surface area contributed by atoms with Crippen molar-refractivity contribution in [3.8, 4) is 0 Å². The number of carboxylic acids is 2. The fourth-order valence-corrected chi connectivity index (χ4v) is 4.08. The number of unbranched alkanes of at least 4 members (excludes halogenated alkanes) is 3. The molecule has 0 rings (SSSR count). The summed E-state index contributed by atoms with van der Waals surface area (Å²) in [6, 6.07) is 0. The third-order valence-corrected chi connectivity index (χ3v) is 6.48. The van der Waals surface area contributed by atoms with Crippen molar-refractivity contribution >= 4 is 17.9 Å². The molecule has 10 nitrogen and oxygen atoms in total. The van der Waals surface area contributed by atoms with Gasteiger partial charge >= 0.3 is 17.9 Å². The van der Waals surface area contributed by atoms with E-state index < -0.39 is 61.1 Å². The average molecular weight is 506 g/mol. The van der Waals surface area contributed by atoms with E-state index in [9.17, 15) is 29.7 Å². The summed E-state index contributed by atoms with van der Waals surface area (Å²) in [5.41, 5.74) is 5.35. The third-order valence-electron chi connectivity index (χ3n) is 6.48. The molecule has 0 aromatic carbocycles. The van der Waals surface area contributed by atoms with Crippen molar-refractivity contribution in [1.82, 2.24) is 0 Å². The first-order chi connectivity index (χ1) is 16.4. The molecule has 7 N–H and O–H groups in total. The van der Waals surface area contributed by atoms with E-state index in [-0.39, 0.29) is 18.4 Å². The Hall–Kier alpha value is -1.75. The molecule has 0 aliphatic rings. The fraction of sp³-hybridized carbons (Fsp3) is 0.880. The summed E-state index contributed by atoms with van der Waals surface area (Å²) in [6.45, 7) is 5.91. The maximum Gasteiger partial charge on any atom is 0.307 e. The summed E-state index contributed by atoms with van der Waals surface area (Å²) in [5.74, 6) is -4.84. The smallest absolute Gasteiger partial charge is 0.307 e. The Balaban J connectivity index is 4.52. The van der Waals surface area contributed by atoms with Gasteiger partial charge in [0.05, 0.1) is 37.1 Å². The van der Waals surface area contributed by atoms with E-state index >= 15 is 0 Å². The Morgan fingerprint density at radius 1 is 0.857 bits per heavy atom. The lowest BCUT2D eigenvalue weighted by Gasteiger charge is -2.30. The van der Waals surface area contributed by atoms with Crippen LogP contribution in [0.5, 0.6) is 0 Å². The molecule has 0 radical (unpaired) electrons. The zero-order valence-corrected chi connectivity index (χ0v) is 21.5. The van der Waals surface area contributed by atoms with Crippen molar-refractivity contribution in [2.45, 2.75) is 116 Å². The minimum Gasteiger partial charge on any atom is -0.481 e. The summed E-state index contributed by atoms with van der Waals surface area (Å²) in [7, 11) is 0. The Bertz CT molecular complexity index is 616. The Morgan fingerprint density at radius 3 is 1.97 bits per heavy atom. The predicted molar refractivity (Wildman–Crippen MR) is 131 cm³/mol. The summed E-state index contributed by atoms with van der Waals surface area (Å²) in [6.07, 6.45) is 2.49. The molecule has 0 saturated carbocycles. The summed E-state index contributed by atoms with van der Waals surface area (Å²) >= 11 is 0. The normalized spacial score (nSPS) is 17.6. The highest BCUT2D eigenvalue weighted by atomic mass is 16.6. The van der Waals surface area contributed by atoms with Crippen molar-refractivity contribution in [3.63, 3.8) is 0 Å². The number of hydrogen-bond acceptors (Lipinski definition) is 8. The summed E-state index contributed by atoms with van der Waals surface area (Å²) in [4.78, 5) is 34.4. The van der Waals surface area contributed by atoms with Gasteiger partial charge in [0.25, 0.3) is 0 Å². The zero-order valence-electron chi connectivity index (χ0n) is 21.5. The minimum absolute atomic E-state index is 0.144. The molecule has 0 aromatic heterocycles. The van der Waals surface area contributed by atoms with Crippen LogP contribution in [0.15, 0.2) is 0 Å². The number of aliphatic carboxylic acids is 2. The number of esters is 1. The number of rotatable bonds is 21. The van der Waals surface area contributed by atoms with Crippen LogP contribution in [0.4, 0.5) is 0 Å². The van der Waals surface area contributed by atoms with E-state index in [1.165, 1.54) is 0 Å². The number of nitrogens with two attached hydrogens (primary N) is 1. The van der Waals surface area contributed by atoms with Crippen LogP contribution in [0.25, 0.3) is 0 Å². The van der Waals surface area contributed by atoms with E-state index in [0.29, 0.717) is 25.7 Å². The van der Waals surface area contributed by atoms with Crippen LogP contribution in [-0.2, 0) is 19.1 Å². The van der Waals surface area contributed by atoms with Gasteiger partial charge in [-0.1, -0.05) is 52.9 Å². The molecule has 0 heterocycles. The van der Waals surface area contributed by atoms with Crippen LogP contribution in [0.3, 0.4) is 0 Å². The van der Waals surface area contributed by atoms with Gasteiger partial charge in [0.1, 0.15) is 6.10 Å². The molecule has 0 fully saturated rings. The first-order valence-electron chi connectivity index (χ1n) is 12.8. The highest BCUT2D eigenvalue weighted by molar-refractivity contribution is 5.82. The van der Waals surface area contributed by atoms with Crippen molar-refractivity contribution < 1.29 is 44.7 Å². The lowest BCUT2D eigenvalue weighted by atomic mass is 9.89. The Kier molecular flexibility index (Phi) is 17.6. The topological polar surface area (TPSA) is 188 Å². The quantitative estimate of drug-likeness (QED) is 0.0997. The van der Waals surface area contributed by atoms with E-state index in [1.807, 2.05) is 20.8 Å². The molecule has 10 heteroatoms. The second kappa shape index (κ2) is 18.5. The van der Waals surface area contributed by atoms with E-state index in [2.05, 4.69) is 0 Å². The van der Waals surface area contributed by atoms with Gasteiger partial charge in [0.2, 0.25) is 0 Å². The molecular weight excluding hydrogens is 458 g/mol. The predicted octanol–water partition coefficient (Wildman–Crippen LogP) is 2.31. The second-order valence-corrected chi connectivity index (χ2v) is 9.86. The lowest BCUT2D eigenvalue weighted by molar-refractivity contribution is -0.164. The average Bonchev–Trinajstić information content (AvgIpc) is 2.78. The van der Waals surface area contributed by atoms with Crippen LogP contribution < -0.4 is 5.73 Å². The van der Waals surface area contributed by atoms with Gasteiger partial charge in [-0.05, 0) is 31.1 Å². The van der Waals surface area contributed by atoms with Crippen molar-refractivity contribution in [2.75, 3.05) is 6.54 Å². The third kappa shape index (κ3) is 15.8. The number of carbonyl (C=O) groups excluding carboxylic acids is 1. The molecule has 0 aromatic rings. The Labute approximate surface area is 208 Å². The van der Waals surface area contributed by atoms with Gasteiger partial charge in [0.15, 0.2) is 0 Å². The summed E-state index contributed by atoms with van der Waals surface area (Å²) < 4.78 is 5.45. The van der Waals surface area contributed by atoms with Gasteiger partial charge in [-0.2, -0.15) is 0 Å². The monoisotopic (exact) mass is 505 g/mol. The van der Waals surface area contributed by atoms with Crippen molar-refractivity contribution in [3.05, 3.63) is 0 Å². The molecule has 0 aliphatic heterocycles. The number of hydrogen-bond donors (Lipinski definition) is 6. The molecule has 0 amide bonds. The van der Waals surface area contributed by atoms with Gasteiger partial charge in [0, 0.05) is 13.0 Å². The number of aliphatic hydroxyl groups is 3. The van der Waals surface area contributed by atoms with E-state index in [0.717, 1.165) is 32.1 Å². The molecule has 0 bridgehead atoms. The Morgan fingerprint density at radius 2 is 1.46 bits per heavy atom. The molecule has 0 saturated heterocycles. The first-order valence-corrected chi connectivity index (χ1v) is 12.8. The molecule has 35 heavy (non-hydrogen) atoms. The van der Waals surface area contributed by atoms with Crippen LogP contribution in [0.2, 0.25) is 0 Å².